The number of benzene rings is 2. The first-order chi connectivity index (χ1) is 9.72. The largest absolute Gasteiger partial charge is 0.494 e. The molecule has 0 saturated heterocycles. The van der Waals surface area contributed by atoms with Crippen LogP contribution in [0.15, 0.2) is 48.5 Å². The zero-order valence-electron chi connectivity index (χ0n) is 11.5. The zero-order valence-corrected chi connectivity index (χ0v) is 12.3. The predicted molar refractivity (Wildman–Crippen MR) is 83.9 cm³/mol. The standard InChI is InChI=1S/C16H16N2OS/c1-11(12-7-4-3-5-8-12)18-13-9-6-10-14(19-2)15(13)17-16(18)20/h3-11H,1-2H3,(H,17,20). The number of aromatic amines is 1. The molecular weight excluding hydrogens is 268 g/mol. The lowest BCUT2D eigenvalue weighted by Crippen LogP contribution is -2.06. The quantitative estimate of drug-likeness (QED) is 0.726. The number of hydrogen-bond donors (Lipinski definition) is 1. The summed E-state index contributed by atoms with van der Waals surface area (Å²) in [6, 6.07) is 16.5. The van der Waals surface area contributed by atoms with E-state index in [0.717, 1.165) is 16.8 Å². The molecule has 2 aromatic carbocycles. The number of H-pyrrole nitrogens is 1. The fourth-order valence-electron chi connectivity index (χ4n) is 2.56. The van der Waals surface area contributed by atoms with Crippen molar-refractivity contribution in [2.45, 2.75) is 13.0 Å². The van der Waals surface area contributed by atoms with E-state index in [4.69, 9.17) is 17.0 Å². The topological polar surface area (TPSA) is 29.9 Å². The van der Waals surface area contributed by atoms with Crippen molar-refractivity contribution in [2.75, 3.05) is 7.11 Å². The number of hydrogen-bond acceptors (Lipinski definition) is 2. The lowest BCUT2D eigenvalue weighted by atomic mass is 10.1. The molecule has 1 N–H and O–H groups in total. The van der Waals surface area contributed by atoms with E-state index in [1.165, 1.54) is 5.56 Å². The normalized spacial score (nSPS) is 12.5. The molecule has 20 heavy (non-hydrogen) atoms. The predicted octanol–water partition coefficient (Wildman–Crippen LogP) is 4.32. The molecule has 1 heterocycles. The van der Waals surface area contributed by atoms with E-state index in [-0.39, 0.29) is 6.04 Å². The van der Waals surface area contributed by atoms with Crippen LogP contribution in [0.5, 0.6) is 5.75 Å². The number of ether oxygens (including phenoxy) is 1. The maximum Gasteiger partial charge on any atom is 0.178 e. The van der Waals surface area contributed by atoms with Gasteiger partial charge in [0.2, 0.25) is 0 Å². The molecular formula is C16H16N2OS. The van der Waals surface area contributed by atoms with Crippen LogP contribution in [0.25, 0.3) is 11.0 Å². The van der Waals surface area contributed by atoms with Gasteiger partial charge in [0.1, 0.15) is 11.3 Å². The van der Waals surface area contributed by atoms with Crippen molar-refractivity contribution in [3.63, 3.8) is 0 Å². The molecule has 0 spiro atoms. The maximum absolute atomic E-state index is 5.49. The minimum atomic E-state index is 0.171. The molecule has 3 aromatic rings. The van der Waals surface area contributed by atoms with Gasteiger partial charge in [0, 0.05) is 0 Å². The van der Waals surface area contributed by atoms with Gasteiger partial charge in [-0.3, -0.25) is 0 Å². The molecule has 1 aromatic heterocycles. The number of rotatable bonds is 3. The van der Waals surface area contributed by atoms with Gasteiger partial charge in [-0.15, -0.1) is 0 Å². The first-order valence-electron chi connectivity index (χ1n) is 6.54. The first kappa shape index (κ1) is 12.9. The fourth-order valence-corrected chi connectivity index (χ4v) is 2.92. The van der Waals surface area contributed by atoms with E-state index in [2.05, 4.69) is 34.7 Å². The molecule has 0 aliphatic carbocycles. The molecule has 1 atom stereocenters. The number of imidazole rings is 1. The Morgan fingerprint density at radius 2 is 1.85 bits per heavy atom. The van der Waals surface area contributed by atoms with Crippen molar-refractivity contribution in [3.8, 4) is 5.75 Å². The van der Waals surface area contributed by atoms with Gasteiger partial charge in [0.15, 0.2) is 4.77 Å². The molecule has 0 saturated carbocycles. The number of methoxy groups -OCH3 is 1. The summed E-state index contributed by atoms with van der Waals surface area (Å²) in [5.74, 6) is 0.813. The van der Waals surface area contributed by atoms with Crippen LogP contribution >= 0.6 is 12.2 Å². The third kappa shape index (κ3) is 2.02. The average Bonchev–Trinajstić information content (AvgIpc) is 2.83. The number of nitrogens with one attached hydrogen (secondary N) is 1. The second-order valence-electron chi connectivity index (χ2n) is 4.74. The van der Waals surface area contributed by atoms with Crippen molar-refractivity contribution in [1.82, 2.24) is 9.55 Å². The van der Waals surface area contributed by atoms with Crippen LogP contribution in [-0.4, -0.2) is 16.7 Å². The first-order valence-corrected chi connectivity index (χ1v) is 6.95. The van der Waals surface area contributed by atoms with E-state index in [1.807, 2.05) is 30.3 Å². The summed E-state index contributed by atoms with van der Waals surface area (Å²) >= 11 is 5.49. The van der Waals surface area contributed by atoms with Gasteiger partial charge in [-0.2, -0.15) is 0 Å². The molecule has 0 radical (unpaired) electrons. The third-order valence-corrected chi connectivity index (χ3v) is 3.90. The molecule has 102 valence electrons. The van der Waals surface area contributed by atoms with Crippen molar-refractivity contribution in [1.29, 1.82) is 0 Å². The Morgan fingerprint density at radius 3 is 2.55 bits per heavy atom. The molecule has 3 rings (SSSR count). The molecule has 0 bridgehead atoms. The summed E-state index contributed by atoms with van der Waals surface area (Å²) in [5, 5.41) is 0. The second kappa shape index (κ2) is 5.13. The third-order valence-electron chi connectivity index (χ3n) is 3.60. The lowest BCUT2D eigenvalue weighted by molar-refractivity contribution is 0.419. The smallest absolute Gasteiger partial charge is 0.178 e. The number of para-hydroxylation sites is 1. The Kier molecular flexibility index (Phi) is 3.32. The van der Waals surface area contributed by atoms with Crippen molar-refractivity contribution in [3.05, 3.63) is 58.9 Å². The van der Waals surface area contributed by atoms with Crippen molar-refractivity contribution >= 4 is 23.3 Å². The molecule has 0 amide bonds. The van der Waals surface area contributed by atoms with Crippen LogP contribution in [0.2, 0.25) is 0 Å². The number of nitrogens with zero attached hydrogens (tertiary/aromatic N) is 1. The summed E-state index contributed by atoms with van der Waals surface area (Å²) in [6.45, 7) is 2.15. The fraction of sp³-hybridized carbons (Fsp3) is 0.188. The summed E-state index contributed by atoms with van der Waals surface area (Å²) in [6.07, 6.45) is 0. The Morgan fingerprint density at radius 1 is 1.10 bits per heavy atom. The molecule has 1 unspecified atom stereocenters. The van der Waals surface area contributed by atoms with Gasteiger partial charge >= 0.3 is 0 Å². The molecule has 0 fully saturated rings. The summed E-state index contributed by atoms with van der Waals surface area (Å²) in [4.78, 5) is 3.25. The minimum absolute atomic E-state index is 0.171. The lowest BCUT2D eigenvalue weighted by Gasteiger charge is -2.15. The maximum atomic E-state index is 5.49. The van der Waals surface area contributed by atoms with Gasteiger partial charge < -0.3 is 14.3 Å². The van der Waals surface area contributed by atoms with Crippen LogP contribution in [0.3, 0.4) is 0 Å². The van der Waals surface area contributed by atoms with E-state index in [0.29, 0.717) is 4.77 Å². The SMILES string of the molecule is COc1cccc2c1[nH]c(=S)n2C(C)c1ccccc1. The summed E-state index contributed by atoms with van der Waals surface area (Å²) in [7, 11) is 1.67. The van der Waals surface area contributed by atoms with Gasteiger partial charge in [-0.05, 0) is 36.8 Å². The Labute approximate surface area is 122 Å². The highest BCUT2D eigenvalue weighted by Gasteiger charge is 2.14. The highest BCUT2D eigenvalue weighted by Crippen LogP contribution is 2.29. The highest BCUT2D eigenvalue weighted by atomic mass is 32.1. The van der Waals surface area contributed by atoms with Crippen molar-refractivity contribution < 1.29 is 4.74 Å². The highest BCUT2D eigenvalue weighted by molar-refractivity contribution is 7.71. The number of fused-ring (bicyclic) bond motifs is 1. The van der Waals surface area contributed by atoms with E-state index >= 15 is 0 Å². The zero-order chi connectivity index (χ0) is 14.1. The molecule has 4 heteroatoms. The summed E-state index contributed by atoms with van der Waals surface area (Å²) < 4.78 is 8.23. The van der Waals surface area contributed by atoms with Gasteiger partial charge in [-0.25, -0.2) is 0 Å². The Balaban J connectivity index is 2.22. The monoisotopic (exact) mass is 284 g/mol. The van der Waals surface area contributed by atoms with Gasteiger partial charge in [-0.1, -0.05) is 36.4 Å². The van der Waals surface area contributed by atoms with Gasteiger partial charge in [0.05, 0.1) is 18.7 Å². The number of aromatic nitrogens is 2. The van der Waals surface area contributed by atoms with Crippen LogP contribution in [-0.2, 0) is 0 Å². The van der Waals surface area contributed by atoms with Gasteiger partial charge in [0.25, 0.3) is 0 Å². The van der Waals surface area contributed by atoms with Crippen LogP contribution in [0.4, 0.5) is 0 Å². The van der Waals surface area contributed by atoms with E-state index < -0.39 is 0 Å². The molecule has 0 aliphatic rings. The Hall–Kier alpha value is -2.07. The van der Waals surface area contributed by atoms with E-state index in [9.17, 15) is 0 Å². The Bertz CT molecular complexity index is 789. The van der Waals surface area contributed by atoms with E-state index in [1.54, 1.807) is 7.11 Å². The molecule has 3 nitrogen and oxygen atoms in total. The van der Waals surface area contributed by atoms with Crippen LogP contribution < -0.4 is 4.74 Å². The second-order valence-corrected chi connectivity index (χ2v) is 5.13. The molecule has 0 aliphatic heterocycles. The van der Waals surface area contributed by atoms with Crippen LogP contribution in [0.1, 0.15) is 18.5 Å². The van der Waals surface area contributed by atoms with Crippen LogP contribution in [0, 0.1) is 4.77 Å². The summed E-state index contributed by atoms with van der Waals surface area (Å²) in [5.41, 5.74) is 3.24. The minimum Gasteiger partial charge on any atom is -0.494 e. The average molecular weight is 284 g/mol. The van der Waals surface area contributed by atoms with Crippen molar-refractivity contribution in [2.24, 2.45) is 0 Å².